The van der Waals surface area contributed by atoms with Gasteiger partial charge in [0.25, 0.3) is 5.91 Å². The van der Waals surface area contributed by atoms with Crippen LogP contribution in [0.5, 0.6) is 0 Å². The van der Waals surface area contributed by atoms with Crippen molar-refractivity contribution in [2.45, 2.75) is 39.2 Å². The van der Waals surface area contributed by atoms with E-state index in [0.29, 0.717) is 50.1 Å². The standard InChI is InChI=1S/C24H32F3N9O/c1-16-11-21(36(32-16)10-7-33(3)4)30-23(37)22-18(12-29-31-22)15-34-8-9-35(17(2)14-34)20-6-5-19(13-28-20)24(25,26)27/h5-6,11-13,17H,7-10,14-15H2,1-4H3,(H,29,31)(H,30,37)/t17-/m1/s1. The highest BCUT2D eigenvalue weighted by Crippen LogP contribution is 2.30. The van der Waals surface area contributed by atoms with Crippen LogP contribution in [0, 0.1) is 6.92 Å². The van der Waals surface area contributed by atoms with Crippen molar-refractivity contribution in [3.05, 3.63) is 53.1 Å². The smallest absolute Gasteiger partial charge is 0.351 e. The minimum atomic E-state index is -4.41. The molecule has 2 N–H and O–H groups in total. The third kappa shape index (κ3) is 6.46. The van der Waals surface area contributed by atoms with E-state index in [1.165, 1.54) is 6.07 Å². The number of carbonyl (C=O) groups is 1. The fourth-order valence-corrected chi connectivity index (χ4v) is 4.40. The van der Waals surface area contributed by atoms with E-state index in [1.54, 1.807) is 10.9 Å². The normalized spacial score (nSPS) is 17.0. The predicted molar refractivity (Wildman–Crippen MR) is 133 cm³/mol. The van der Waals surface area contributed by atoms with E-state index in [9.17, 15) is 18.0 Å². The maximum atomic E-state index is 13.1. The number of aromatic nitrogens is 5. The van der Waals surface area contributed by atoms with Crippen LogP contribution >= 0.6 is 0 Å². The van der Waals surface area contributed by atoms with E-state index >= 15 is 0 Å². The first kappa shape index (κ1) is 26.6. The van der Waals surface area contributed by atoms with E-state index in [1.807, 2.05) is 43.8 Å². The summed E-state index contributed by atoms with van der Waals surface area (Å²) in [5, 5.41) is 14.3. The summed E-state index contributed by atoms with van der Waals surface area (Å²) in [5.74, 6) is 0.847. The van der Waals surface area contributed by atoms with Crippen molar-refractivity contribution in [2.75, 3.05) is 50.5 Å². The minimum Gasteiger partial charge on any atom is -0.351 e. The van der Waals surface area contributed by atoms with Crippen LogP contribution in [0.1, 0.15) is 34.2 Å². The van der Waals surface area contributed by atoms with Gasteiger partial charge in [0.1, 0.15) is 17.3 Å². The highest BCUT2D eigenvalue weighted by molar-refractivity contribution is 6.03. The number of amides is 1. The number of aryl methyl sites for hydroxylation is 1. The Bertz CT molecular complexity index is 1200. The molecule has 1 fully saturated rings. The van der Waals surface area contributed by atoms with Gasteiger partial charge in [0.15, 0.2) is 0 Å². The first-order valence-electron chi connectivity index (χ1n) is 12.1. The second-order valence-corrected chi connectivity index (χ2v) is 9.60. The number of nitrogens with one attached hydrogen (secondary N) is 2. The fourth-order valence-electron chi connectivity index (χ4n) is 4.40. The molecule has 1 amide bonds. The molecule has 200 valence electrons. The van der Waals surface area contributed by atoms with Crippen LogP contribution in [0.15, 0.2) is 30.6 Å². The summed E-state index contributed by atoms with van der Waals surface area (Å²) in [6, 6.07) is 4.33. The van der Waals surface area contributed by atoms with Gasteiger partial charge in [-0.3, -0.25) is 14.8 Å². The molecule has 0 aliphatic carbocycles. The molecule has 4 heterocycles. The summed E-state index contributed by atoms with van der Waals surface area (Å²) in [7, 11) is 3.96. The van der Waals surface area contributed by atoms with E-state index in [2.05, 4.69) is 30.5 Å². The average molecular weight is 520 g/mol. The van der Waals surface area contributed by atoms with E-state index < -0.39 is 11.7 Å². The van der Waals surface area contributed by atoms with Crippen LogP contribution in [0.3, 0.4) is 0 Å². The fraction of sp³-hybridized carbons (Fsp3) is 0.500. The number of carbonyl (C=O) groups excluding carboxylic acids is 1. The number of nitrogens with zero attached hydrogens (tertiary/aromatic N) is 7. The third-order valence-electron chi connectivity index (χ3n) is 6.32. The van der Waals surface area contributed by atoms with Gasteiger partial charge in [-0.05, 0) is 40.1 Å². The van der Waals surface area contributed by atoms with Crippen molar-refractivity contribution in [3.63, 3.8) is 0 Å². The number of likely N-dealkylation sites (N-methyl/N-ethyl adjacent to an activating group) is 1. The number of alkyl halides is 3. The van der Waals surface area contributed by atoms with Crippen molar-refractivity contribution in [2.24, 2.45) is 0 Å². The number of H-pyrrole nitrogens is 1. The molecule has 0 saturated carbocycles. The van der Waals surface area contributed by atoms with Gasteiger partial charge >= 0.3 is 6.18 Å². The lowest BCUT2D eigenvalue weighted by atomic mass is 10.1. The van der Waals surface area contributed by atoms with Gasteiger partial charge in [0, 0.05) is 56.6 Å². The molecule has 0 bridgehead atoms. The van der Waals surface area contributed by atoms with Gasteiger partial charge in [-0.25, -0.2) is 9.67 Å². The molecule has 1 aliphatic rings. The Kier molecular flexibility index (Phi) is 7.83. The molecule has 10 nitrogen and oxygen atoms in total. The zero-order valence-corrected chi connectivity index (χ0v) is 21.4. The van der Waals surface area contributed by atoms with Crippen molar-refractivity contribution in [1.82, 2.24) is 34.8 Å². The average Bonchev–Trinajstić information content (AvgIpc) is 3.43. The Balaban J connectivity index is 1.38. The number of piperazine rings is 1. The molecule has 0 aromatic carbocycles. The summed E-state index contributed by atoms with van der Waals surface area (Å²) in [4.78, 5) is 23.4. The second-order valence-electron chi connectivity index (χ2n) is 9.60. The van der Waals surface area contributed by atoms with Crippen LogP contribution in [-0.4, -0.2) is 87.0 Å². The molecule has 0 unspecified atom stereocenters. The lowest BCUT2D eigenvalue weighted by Crippen LogP contribution is -2.52. The topological polar surface area (TPSA) is 98.2 Å². The summed E-state index contributed by atoms with van der Waals surface area (Å²) in [6.07, 6.45) is -1.88. The van der Waals surface area contributed by atoms with Crippen LogP contribution in [0.2, 0.25) is 0 Å². The van der Waals surface area contributed by atoms with E-state index in [-0.39, 0.29) is 11.9 Å². The molecular weight excluding hydrogens is 487 g/mol. The Morgan fingerprint density at radius 2 is 2.03 bits per heavy atom. The van der Waals surface area contributed by atoms with Crippen LogP contribution < -0.4 is 10.2 Å². The zero-order valence-electron chi connectivity index (χ0n) is 21.4. The molecule has 0 spiro atoms. The van der Waals surface area contributed by atoms with Crippen LogP contribution in [0.25, 0.3) is 0 Å². The van der Waals surface area contributed by atoms with Gasteiger partial charge in [-0.1, -0.05) is 0 Å². The summed E-state index contributed by atoms with van der Waals surface area (Å²) in [6.45, 7) is 7.74. The highest BCUT2D eigenvalue weighted by atomic mass is 19.4. The molecule has 37 heavy (non-hydrogen) atoms. The Hall–Kier alpha value is -3.45. The molecule has 1 atom stereocenters. The Morgan fingerprint density at radius 1 is 1.24 bits per heavy atom. The van der Waals surface area contributed by atoms with Crippen molar-refractivity contribution < 1.29 is 18.0 Å². The summed E-state index contributed by atoms with van der Waals surface area (Å²) in [5.41, 5.74) is 1.21. The number of hydrogen-bond acceptors (Lipinski definition) is 7. The number of pyridine rings is 1. The molecule has 3 aromatic rings. The highest BCUT2D eigenvalue weighted by Gasteiger charge is 2.32. The van der Waals surface area contributed by atoms with Gasteiger partial charge in [0.2, 0.25) is 0 Å². The predicted octanol–water partition coefficient (Wildman–Crippen LogP) is 2.85. The lowest BCUT2D eigenvalue weighted by molar-refractivity contribution is -0.137. The monoisotopic (exact) mass is 519 g/mol. The first-order valence-corrected chi connectivity index (χ1v) is 12.1. The molecule has 0 radical (unpaired) electrons. The van der Waals surface area contributed by atoms with E-state index in [4.69, 9.17) is 0 Å². The maximum absolute atomic E-state index is 13.1. The third-order valence-corrected chi connectivity index (χ3v) is 6.32. The van der Waals surface area contributed by atoms with Crippen molar-refractivity contribution >= 4 is 17.5 Å². The Labute approximate surface area is 213 Å². The number of aromatic amines is 1. The number of hydrogen-bond donors (Lipinski definition) is 2. The van der Waals surface area contributed by atoms with Gasteiger partial charge in [-0.2, -0.15) is 23.4 Å². The Morgan fingerprint density at radius 3 is 2.68 bits per heavy atom. The summed E-state index contributed by atoms with van der Waals surface area (Å²) >= 11 is 0. The number of rotatable bonds is 8. The van der Waals surface area contributed by atoms with Crippen LogP contribution in [-0.2, 0) is 19.3 Å². The van der Waals surface area contributed by atoms with Gasteiger partial charge in [-0.15, -0.1) is 0 Å². The number of halogens is 3. The summed E-state index contributed by atoms with van der Waals surface area (Å²) < 4.78 is 40.4. The molecule has 1 saturated heterocycles. The maximum Gasteiger partial charge on any atom is 0.417 e. The second kappa shape index (κ2) is 10.9. The largest absolute Gasteiger partial charge is 0.417 e. The quantitative estimate of drug-likeness (QED) is 0.472. The van der Waals surface area contributed by atoms with Crippen LogP contribution in [0.4, 0.5) is 24.8 Å². The molecule has 3 aromatic heterocycles. The SMILES string of the molecule is Cc1cc(NC(=O)c2[nH]ncc2CN2CCN(c3ccc(C(F)(F)F)cn3)[C@H](C)C2)n(CCN(C)C)n1. The first-order chi connectivity index (χ1) is 17.5. The van der Waals surface area contributed by atoms with Gasteiger partial charge in [0.05, 0.1) is 24.0 Å². The number of anilines is 2. The minimum absolute atomic E-state index is 0.0242. The molecule has 1 aliphatic heterocycles. The van der Waals surface area contributed by atoms with Gasteiger partial charge < -0.3 is 15.1 Å². The zero-order chi connectivity index (χ0) is 26.7. The lowest BCUT2D eigenvalue weighted by Gasteiger charge is -2.40. The molecule has 13 heteroatoms. The van der Waals surface area contributed by atoms with Crippen molar-refractivity contribution in [1.29, 1.82) is 0 Å². The molecule has 4 rings (SSSR count). The van der Waals surface area contributed by atoms with E-state index in [0.717, 1.165) is 30.1 Å². The molecular formula is C24H32F3N9O. The van der Waals surface area contributed by atoms with Crippen molar-refractivity contribution in [3.8, 4) is 0 Å².